The molecule has 1 N–H and O–H groups in total. The van der Waals surface area contributed by atoms with Gasteiger partial charge in [-0.15, -0.1) is 0 Å². The summed E-state index contributed by atoms with van der Waals surface area (Å²) in [6.45, 7) is 11.4. The quantitative estimate of drug-likeness (QED) is 0.829. The lowest BCUT2D eigenvalue weighted by molar-refractivity contribution is -0.0798. The molecule has 18 heavy (non-hydrogen) atoms. The minimum atomic E-state index is -0.000509. The van der Waals surface area contributed by atoms with Gasteiger partial charge in [-0.25, -0.2) is 0 Å². The van der Waals surface area contributed by atoms with E-state index in [0.29, 0.717) is 12.0 Å². The molecule has 0 radical (unpaired) electrons. The lowest BCUT2D eigenvalue weighted by atomic mass is 9.74. The monoisotopic (exact) mass is 253 g/mol. The average Bonchev–Trinajstić information content (AvgIpc) is 2.71. The van der Waals surface area contributed by atoms with E-state index in [-0.39, 0.29) is 11.2 Å². The zero-order chi connectivity index (χ0) is 13.6. The van der Waals surface area contributed by atoms with E-state index >= 15 is 0 Å². The van der Waals surface area contributed by atoms with Gasteiger partial charge in [0.15, 0.2) is 0 Å². The van der Waals surface area contributed by atoms with Crippen LogP contribution in [0, 0.1) is 17.8 Å². The van der Waals surface area contributed by atoms with E-state index in [9.17, 15) is 0 Å². The van der Waals surface area contributed by atoms with Crippen molar-refractivity contribution in [2.75, 3.05) is 7.05 Å². The lowest BCUT2D eigenvalue weighted by Gasteiger charge is -2.37. The molecule has 1 saturated carbocycles. The molecular formula is C16H31NO. The van der Waals surface area contributed by atoms with E-state index in [1.165, 1.54) is 25.7 Å². The Hall–Kier alpha value is -0.0800. The molecular weight excluding hydrogens is 222 g/mol. The zero-order valence-electron chi connectivity index (χ0n) is 13.0. The predicted octanol–water partition coefficient (Wildman–Crippen LogP) is 3.60. The summed E-state index contributed by atoms with van der Waals surface area (Å²) in [7, 11) is 2.14. The van der Waals surface area contributed by atoms with Crippen molar-refractivity contribution in [2.24, 2.45) is 17.8 Å². The van der Waals surface area contributed by atoms with Crippen LogP contribution in [0.15, 0.2) is 0 Å². The maximum absolute atomic E-state index is 6.29. The standard InChI is InChI=1S/C16H31NO/c1-11-8-7-9-12(11)14(17-6)13-10-15(2,3)18-16(13,4)5/h11-14,17H,7-10H2,1-6H3. The summed E-state index contributed by atoms with van der Waals surface area (Å²) in [6, 6.07) is 0.610. The van der Waals surface area contributed by atoms with Crippen LogP contribution in [0.1, 0.15) is 60.3 Å². The molecule has 2 fully saturated rings. The van der Waals surface area contributed by atoms with E-state index in [4.69, 9.17) is 4.74 Å². The first-order valence-corrected chi connectivity index (χ1v) is 7.64. The summed E-state index contributed by atoms with van der Waals surface area (Å²) in [5.41, 5.74) is 0.0323. The molecule has 4 unspecified atom stereocenters. The van der Waals surface area contributed by atoms with Crippen LogP contribution in [0.5, 0.6) is 0 Å². The molecule has 0 aromatic carbocycles. The smallest absolute Gasteiger partial charge is 0.0677 e. The summed E-state index contributed by atoms with van der Waals surface area (Å²) in [4.78, 5) is 0. The van der Waals surface area contributed by atoms with Gasteiger partial charge in [-0.05, 0) is 59.4 Å². The van der Waals surface area contributed by atoms with E-state index in [0.717, 1.165) is 11.8 Å². The maximum atomic E-state index is 6.29. The zero-order valence-corrected chi connectivity index (χ0v) is 13.0. The Morgan fingerprint density at radius 1 is 1.17 bits per heavy atom. The normalized spacial score (nSPS) is 40.0. The number of hydrogen-bond acceptors (Lipinski definition) is 2. The Morgan fingerprint density at radius 2 is 1.83 bits per heavy atom. The second kappa shape index (κ2) is 4.79. The van der Waals surface area contributed by atoms with E-state index in [1.807, 2.05) is 0 Å². The molecule has 106 valence electrons. The second-order valence-electron chi connectivity index (χ2n) is 7.66. The van der Waals surface area contributed by atoms with Gasteiger partial charge in [-0.3, -0.25) is 0 Å². The highest BCUT2D eigenvalue weighted by molar-refractivity contribution is 5.02. The molecule has 1 aliphatic carbocycles. The van der Waals surface area contributed by atoms with Gasteiger partial charge in [-0.1, -0.05) is 19.8 Å². The fourth-order valence-electron chi connectivity index (χ4n) is 4.59. The van der Waals surface area contributed by atoms with Crippen LogP contribution in [0.2, 0.25) is 0 Å². The van der Waals surface area contributed by atoms with Gasteiger partial charge in [0.2, 0.25) is 0 Å². The molecule has 1 aliphatic heterocycles. The summed E-state index contributed by atoms with van der Waals surface area (Å²) in [5, 5.41) is 3.63. The van der Waals surface area contributed by atoms with Gasteiger partial charge in [0.05, 0.1) is 11.2 Å². The Balaban J connectivity index is 2.17. The molecule has 4 atom stereocenters. The van der Waals surface area contributed by atoms with E-state index in [1.54, 1.807) is 0 Å². The third-order valence-electron chi connectivity index (χ3n) is 5.30. The molecule has 0 aromatic rings. The molecule has 2 aliphatic rings. The average molecular weight is 253 g/mol. The molecule has 0 spiro atoms. The maximum Gasteiger partial charge on any atom is 0.0677 e. The van der Waals surface area contributed by atoms with Crippen molar-refractivity contribution in [1.29, 1.82) is 0 Å². The van der Waals surface area contributed by atoms with Gasteiger partial charge in [0, 0.05) is 12.0 Å². The number of ether oxygens (including phenoxy) is 1. The first-order chi connectivity index (χ1) is 8.27. The number of hydrogen-bond donors (Lipinski definition) is 1. The van der Waals surface area contributed by atoms with E-state index < -0.39 is 0 Å². The van der Waals surface area contributed by atoms with Crippen LogP contribution in [-0.2, 0) is 4.74 Å². The van der Waals surface area contributed by atoms with E-state index in [2.05, 4.69) is 47.0 Å². The van der Waals surface area contributed by atoms with Gasteiger partial charge in [0.25, 0.3) is 0 Å². The van der Waals surface area contributed by atoms with Crippen molar-refractivity contribution in [3.63, 3.8) is 0 Å². The minimum Gasteiger partial charge on any atom is -0.369 e. The molecule has 0 aromatic heterocycles. The number of rotatable bonds is 3. The highest BCUT2D eigenvalue weighted by Crippen LogP contribution is 2.47. The van der Waals surface area contributed by atoms with Gasteiger partial charge in [-0.2, -0.15) is 0 Å². The first kappa shape index (κ1) is 14.3. The van der Waals surface area contributed by atoms with Crippen LogP contribution in [-0.4, -0.2) is 24.3 Å². The van der Waals surface area contributed by atoms with Crippen LogP contribution >= 0.6 is 0 Å². The van der Waals surface area contributed by atoms with Crippen LogP contribution < -0.4 is 5.32 Å². The molecule has 0 bridgehead atoms. The van der Waals surface area contributed by atoms with Crippen molar-refractivity contribution in [2.45, 2.75) is 77.5 Å². The fourth-order valence-corrected chi connectivity index (χ4v) is 4.59. The molecule has 0 amide bonds. The summed E-state index contributed by atoms with van der Waals surface area (Å²) < 4.78 is 6.29. The highest BCUT2D eigenvalue weighted by atomic mass is 16.5. The summed E-state index contributed by atoms with van der Waals surface area (Å²) in [6.07, 6.45) is 5.37. The predicted molar refractivity (Wildman–Crippen MR) is 76.7 cm³/mol. The Labute approximate surface area is 113 Å². The SMILES string of the molecule is CNC(C1CCCC1C)C1CC(C)(C)OC1(C)C. The second-order valence-corrected chi connectivity index (χ2v) is 7.66. The Bertz CT molecular complexity index is 297. The fraction of sp³-hybridized carbons (Fsp3) is 1.00. The van der Waals surface area contributed by atoms with Crippen molar-refractivity contribution in [3.05, 3.63) is 0 Å². The topological polar surface area (TPSA) is 21.3 Å². The molecule has 2 nitrogen and oxygen atoms in total. The minimum absolute atomic E-state index is 0.000509. The Morgan fingerprint density at radius 3 is 2.22 bits per heavy atom. The van der Waals surface area contributed by atoms with Crippen molar-refractivity contribution < 1.29 is 4.74 Å². The largest absolute Gasteiger partial charge is 0.369 e. The summed E-state index contributed by atoms with van der Waals surface area (Å²) >= 11 is 0. The van der Waals surface area contributed by atoms with Gasteiger partial charge >= 0.3 is 0 Å². The lowest BCUT2D eigenvalue weighted by Crippen LogP contribution is -2.47. The van der Waals surface area contributed by atoms with Crippen molar-refractivity contribution in [3.8, 4) is 0 Å². The number of nitrogens with one attached hydrogen (secondary N) is 1. The van der Waals surface area contributed by atoms with Crippen LogP contribution in [0.25, 0.3) is 0 Å². The summed E-state index contributed by atoms with van der Waals surface area (Å²) in [5.74, 6) is 2.32. The molecule has 1 heterocycles. The van der Waals surface area contributed by atoms with Crippen molar-refractivity contribution in [1.82, 2.24) is 5.32 Å². The third kappa shape index (κ3) is 2.60. The van der Waals surface area contributed by atoms with Crippen molar-refractivity contribution >= 4 is 0 Å². The van der Waals surface area contributed by atoms with Gasteiger partial charge in [0.1, 0.15) is 0 Å². The first-order valence-electron chi connectivity index (χ1n) is 7.64. The highest BCUT2D eigenvalue weighted by Gasteiger charge is 2.51. The third-order valence-corrected chi connectivity index (χ3v) is 5.30. The Kier molecular flexibility index (Phi) is 3.81. The molecule has 2 rings (SSSR count). The van der Waals surface area contributed by atoms with Crippen LogP contribution in [0.4, 0.5) is 0 Å². The van der Waals surface area contributed by atoms with Crippen LogP contribution in [0.3, 0.4) is 0 Å². The molecule has 1 saturated heterocycles. The molecule has 2 heteroatoms. The van der Waals surface area contributed by atoms with Gasteiger partial charge < -0.3 is 10.1 Å².